The summed E-state index contributed by atoms with van der Waals surface area (Å²) in [6.45, 7) is 10.8. The molecule has 2 N–H and O–H groups in total. The number of rotatable bonds is 12. The molecule has 4 heterocycles. The third-order valence-corrected chi connectivity index (χ3v) is 15.3. The Balaban J connectivity index is 0.960. The first-order chi connectivity index (χ1) is 31.6. The fraction of sp³-hybridized carbons (Fsp3) is 0.388. The molecular formula is C49H52ClN9O6S. The van der Waals surface area contributed by atoms with Crippen molar-refractivity contribution in [2.75, 3.05) is 44.2 Å². The molecule has 0 bridgehead atoms. The number of amides is 1. The minimum absolute atomic E-state index is 0.0479. The summed E-state index contributed by atoms with van der Waals surface area (Å²) in [4.78, 5) is 39.1. The third kappa shape index (κ3) is 9.38. The third-order valence-electron chi connectivity index (χ3n) is 13.7. The van der Waals surface area contributed by atoms with Crippen molar-refractivity contribution >= 4 is 66.5 Å². The number of nitrogens with one attached hydrogen (secondary N) is 2. The minimum atomic E-state index is -4.62. The van der Waals surface area contributed by atoms with Gasteiger partial charge in [0.05, 0.1) is 44.7 Å². The van der Waals surface area contributed by atoms with Gasteiger partial charge in [0.2, 0.25) is 0 Å². The van der Waals surface area contributed by atoms with Crippen molar-refractivity contribution in [2.24, 2.45) is 16.7 Å². The summed E-state index contributed by atoms with van der Waals surface area (Å²) in [5.41, 5.74) is 6.48. The van der Waals surface area contributed by atoms with Gasteiger partial charge in [0.15, 0.2) is 11.4 Å². The number of H-pyrrole nitrogens is 1. The van der Waals surface area contributed by atoms with Crippen LogP contribution in [0.25, 0.3) is 33.3 Å². The van der Waals surface area contributed by atoms with Crippen LogP contribution in [0.5, 0.6) is 5.75 Å². The van der Waals surface area contributed by atoms with Gasteiger partial charge in [-0.15, -0.1) is 0 Å². The van der Waals surface area contributed by atoms with Crippen LogP contribution < -0.4 is 14.4 Å². The summed E-state index contributed by atoms with van der Waals surface area (Å²) in [6, 6.07) is 22.9. The number of halogens is 1. The van der Waals surface area contributed by atoms with E-state index in [4.69, 9.17) is 16.3 Å². The molecule has 3 aromatic heterocycles. The monoisotopic (exact) mass is 929 g/mol. The SMILES string of the molecule is CC1(C)CCC(CN2CCN(c3ccc(C(=O)NS(=O)(=O)c4ccc(OCC5CCC(C)(C#N)CC5)c([N+](=O)[O-])c4)c(-n4[nH]cc5nc6nccc6cc54)c3)CC2)=C(c2ccc(Cl)cc2)C1. The molecule has 2 fully saturated rings. The first-order valence-corrected chi connectivity index (χ1v) is 24.2. The number of pyridine rings is 1. The number of piperazine rings is 1. The number of allylic oxidation sites excluding steroid dienone is 1. The second-order valence-electron chi connectivity index (χ2n) is 19.0. The quantitative estimate of drug-likeness (QED) is 0.0877. The highest BCUT2D eigenvalue weighted by atomic mass is 35.5. The van der Waals surface area contributed by atoms with Crippen molar-refractivity contribution in [3.8, 4) is 17.5 Å². The molecule has 1 aliphatic heterocycles. The van der Waals surface area contributed by atoms with E-state index >= 15 is 0 Å². The van der Waals surface area contributed by atoms with Gasteiger partial charge in [0, 0.05) is 67.3 Å². The Bertz CT molecular complexity index is 3030. The highest BCUT2D eigenvalue weighted by Crippen LogP contribution is 2.44. The Kier molecular flexibility index (Phi) is 12.1. The number of nitrogens with zero attached hydrogens (tertiary/aromatic N) is 7. The fourth-order valence-corrected chi connectivity index (χ4v) is 10.7. The zero-order valence-corrected chi connectivity index (χ0v) is 38.8. The van der Waals surface area contributed by atoms with Gasteiger partial charge in [-0.3, -0.25) is 29.6 Å². The molecule has 66 heavy (non-hydrogen) atoms. The number of benzene rings is 3. The number of carbonyl (C=O) groups excluding carboxylic acids is 1. The number of anilines is 1. The van der Waals surface area contributed by atoms with E-state index in [1.54, 1.807) is 23.1 Å². The van der Waals surface area contributed by atoms with Crippen LogP contribution in [0.2, 0.25) is 5.02 Å². The highest BCUT2D eigenvalue weighted by Gasteiger charge is 2.33. The Morgan fingerprint density at radius 1 is 1.02 bits per heavy atom. The molecule has 9 rings (SSSR count). The maximum atomic E-state index is 14.2. The fourth-order valence-electron chi connectivity index (χ4n) is 9.57. The maximum absolute atomic E-state index is 14.2. The molecular weight excluding hydrogens is 878 g/mol. The van der Waals surface area contributed by atoms with Crippen molar-refractivity contribution in [3.05, 3.63) is 117 Å². The van der Waals surface area contributed by atoms with Crippen LogP contribution in [-0.4, -0.2) is 83.2 Å². The van der Waals surface area contributed by atoms with Gasteiger partial charge in [-0.1, -0.05) is 43.2 Å². The Morgan fingerprint density at radius 3 is 2.50 bits per heavy atom. The van der Waals surface area contributed by atoms with Gasteiger partial charge < -0.3 is 9.64 Å². The molecule has 0 spiro atoms. The predicted octanol–water partition coefficient (Wildman–Crippen LogP) is 9.47. The molecule has 6 aromatic rings. The van der Waals surface area contributed by atoms with Crippen molar-refractivity contribution in [1.29, 1.82) is 5.26 Å². The standard InChI is InChI=1S/C49H52ClN9O6S/c1-48(2)16-14-35(40(27-48)33-4-6-36(50)7-5-33)29-56-20-22-57(23-21-56)37-8-10-39(42(25-37)58-43-24-34-15-19-52-46(34)54-41(43)28-53-58)47(60)55-66(63,64)38-9-11-45(44(26-38)59(61)62)65-30-32-12-17-49(3,31-51)18-13-32/h4-11,15,19,24-26,28,32,53H,12-14,16-18,20-23,27,29-30H2,1-3H3,(H,55,60). The van der Waals surface area contributed by atoms with Crippen LogP contribution in [0, 0.1) is 38.2 Å². The number of nitro groups is 1. The van der Waals surface area contributed by atoms with E-state index < -0.39 is 36.9 Å². The van der Waals surface area contributed by atoms with Crippen LogP contribution in [0.4, 0.5) is 11.4 Å². The van der Waals surface area contributed by atoms with E-state index in [1.807, 2.05) is 43.3 Å². The smallest absolute Gasteiger partial charge is 0.312 e. The van der Waals surface area contributed by atoms with Crippen molar-refractivity contribution in [1.82, 2.24) is 29.4 Å². The van der Waals surface area contributed by atoms with Crippen LogP contribution in [0.15, 0.2) is 95.7 Å². The molecule has 2 aliphatic carbocycles. The molecule has 0 atom stereocenters. The van der Waals surface area contributed by atoms with Crippen LogP contribution >= 0.6 is 11.6 Å². The number of aromatic amines is 1. The molecule has 3 aromatic carbocycles. The van der Waals surface area contributed by atoms with E-state index in [0.29, 0.717) is 35.2 Å². The lowest BCUT2D eigenvalue weighted by Gasteiger charge is -2.39. The molecule has 1 amide bonds. The first-order valence-electron chi connectivity index (χ1n) is 22.4. The molecule has 17 heteroatoms. The van der Waals surface area contributed by atoms with E-state index in [-0.39, 0.29) is 29.3 Å². The van der Waals surface area contributed by atoms with E-state index in [9.17, 15) is 28.6 Å². The lowest BCUT2D eigenvalue weighted by Crippen LogP contribution is -2.47. The van der Waals surface area contributed by atoms with Crippen molar-refractivity contribution in [2.45, 2.75) is 70.6 Å². The average molecular weight is 931 g/mol. The molecule has 3 aliphatic rings. The molecule has 0 unspecified atom stereocenters. The zero-order valence-electron chi connectivity index (χ0n) is 37.2. The van der Waals surface area contributed by atoms with Crippen LogP contribution in [0.3, 0.4) is 0 Å². The number of ether oxygens (including phenoxy) is 1. The molecule has 15 nitrogen and oxygen atoms in total. The van der Waals surface area contributed by atoms with Crippen LogP contribution in [0.1, 0.15) is 81.6 Å². The Hall–Kier alpha value is -6.28. The molecule has 1 saturated heterocycles. The summed E-state index contributed by atoms with van der Waals surface area (Å²) in [5, 5.41) is 26.4. The Morgan fingerprint density at radius 2 is 1.77 bits per heavy atom. The second-order valence-corrected chi connectivity index (χ2v) is 21.1. The summed E-state index contributed by atoms with van der Waals surface area (Å²) in [6.07, 6.45) is 9.44. The lowest BCUT2D eigenvalue weighted by molar-refractivity contribution is -0.386. The van der Waals surface area contributed by atoms with Crippen molar-refractivity contribution in [3.63, 3.8) is 0 Å². The maximum Gasteiger partial charge on any atom is 0.312 e. The summed E-state index contributed by atoms with van der Waals surface area (Å²) >= 11 is 6.26. The Labute approximate surface area is 388 Å². The first kappa shape index (κ1) is 44.9. The predicted molar refractivity (Wildman–Crippen MR) is 254 cm³/mol. The van der Waals surface area contributed by atoms with Gasteiger partial charge in [0.1, 0.15) is 5.52 Å². The van der Waals surface area contributed by atoms with Gasteiger partial charge in [0.25, 0.3) is 15.9 Å². The summed E-state index contributed by atoms with van der Waals surface area (Å²) in [7, 11) is -4.62. The highest BCUT2D eigenvalue weighted by molar-refractivity contribution is 7.90. The van der Waals surface area contributed by atoms with Gasteiger partial charge in [-0.05, 0) is 129 Å². The lowest BCUT2D eigenvalue weighted by atomic mass is 9.72. The number of aromatic nitrogens is 4. The topological polar surface area (TPSA) is 192 Å². The number of hydrogen-bond donors (Lipinski definition) is 2. The molecule has 342 valence electrons. The number of hydrogen-bond acceptors (Lipinski definition) is 11. The summed E-state index contributed by atoms with van der Waals surface area (Å²) < 4.78 is 37.5. The van der Waals surface area contributed by atoms with E-state index in [1.165, 1.54) is 28.8 Å². The van der Waals surface area contributed by atoms with Gasteiger partial charge >= 0.3 is 5.69 Å². The van der Waals surface area contributed by atoms with Crippen molar-refractivity contribution < 1.29 is 22.9 Å². The normalized spacial score (nSPS) is 20.3. The number of nitriles is 1. The second kappa shape index (κ2) is 17.8. The van der Waals surface area contributed by atoms with Gasteiger partial charge in [-0.2, -0.15) is 5.26 Å². The minimum Gasteiger partial charge on any atom is -0.487 e. The number of carbonyl (C=O) groups is 1. The van der Waals surface area contributed by atoms with E-state index in [0.717, 1.165) is 87.0 Å². The van der Waals surface area contributed by atoms with Gasteiger partial charge in [-0.25, -0.2) is 23.1 Å². The zero-order chi connectivity index (χ0) is 46.4. The van der Waals surface area contributed by atoms with E-state index in [2.05, 4.69) is 61.6 Å². The number of fused-ring (bicyclic) bond motifs is 2. The summed E-state index contributed by atoms with van der Waals surface area (Å²) in [5.74, 6) is -0.900. The molecule has 1 saturated carbocycles. The largest absolute Gasteiger partial charge is 0.487 e. The number of nitro benzene ring substituents is 1. The average Bonchev–Trinajstić information content (AvgIpc) is 3.95. The van der Waals surface area contributed by atoms with Crippen LogP contribution in [-0.2, 0) is 10.0 Å². The number of sulfonamides is 1. The molecule has 0 radical (unpaired) electrons.